The molecule has 1 saturated heterocycles. The van der Waals surface area contributed by atoms with Crippen LogP contribution in [-0.2, 0) is 0 Å². The van der Waals surface area contributed by atoms with Crippen molar-refractivity contribution in [2.45, 2.75) is 25.3 Å². The Hall–Kier alpha value is -2.08. The van der Waals surface area contributed by atoms with Gasteiger partial charge in [-0.3, -0.25) is 4.90 Å². The van der Waals surface area contributed by atoms with E-state index in [1.807, 2.05) is 0 Å². The molecule has 6 heteroatoms. The molecule has 127 valence electrons. The van der Waals surface area contributed by atoms with Crippen molar-refractivity contribution in [1.29, 1.82) is 0 Å². The molecule has 4 rings (SSSR count). The Balaban J connectivity index is 1.37. The van der Waals surface area contributed by atoms with Gasteiger partial charge in [0.05, 0.1) is 6.54 Å². The van der Waals surface area contributed by atoms with Crippen LogP contribution in [0, 0.1) is 12.0 Å². The van der Waals surface area contributed by atoms with Crippen molar-refractivity contribution in [3.05, 3.63) is 42.1 Å². The smallest absolute Gasteiger partial charge is 0.216 e. The van der Waals surface area contributed by atoms with Crippen molar-refractivity contribution in [3.63, 3.8) is 0 Å². The van der Waals surface area contributed by atoms with Gasteiger partial charge in [-0.05, 0) is 25.0 Å². The highest BCUT2D eigenvalue weighted by molar-refractivity contribution is 5.82. The summed E-state index contributed by atoms with van der Waals surface area (Å²) in [6.07, 6.45) is 7.19. The summed E-state index contributed by atoms with van der Waals surface area (Å²) in [6.45, 7) is 4.52. The van der Waals surface area contributed by atoms with E-state index < -0.39 is 0 Å². The maximum atomic E-state index is 13.3. The highest BCUT2D eigenvalue weighted by Gasteiger charge is 2.29. The average Bonchev–Trinajstić information content (AvgIpc) is 2.54. The molecule has 0 aromatic heterocycles. The molecule has 0 unspecified atom stereocenters. The molecule has 2 aliphatic heterocycles. The second-order valence-corrected chi connectivity index (χ2v) is 6.47. The molecule has 0 spiro atoms. The van der Waals surface area contributed by atoms with Gasteiger partial charge in [-0.15, -0.1) is 0 Å². The zero-order valence-electron chi connectivity index (χ0n) is 13.7. The van der Waals surface area contributed by atoms with Gasteiger partial charge in [0.25, 0.3) is 0 Å². The van der Waals surface area contributed by atoms with E-state index in [1.54, 1.807) is 12.1 Å². The molecule has 1 aromatic rings. The van der Waals surface area contributed by atoms with Crippen molar-refractivity contribution in [1.82, 2.24) is 15.1 Å². The fraction of sp³-hybridized carbons (Fsp3) is 0.500. The number of nitrogens with zero attached hydrogens (tertiary/aromatic N) is 3. The normalized spacial score (nSPS) is 22.3. The Kier molecular flexibility index (Phi) is 4.38. The lowest BCUT2D eigenvalue weighted by atomic mass is 9.91. The molecule has 24 heavy (non-hydrogen) atoms. The minimum Gasteiger partial charge on any atom is -0.441 e. The number of benzene rings is 1. The lowest BCUT2D eigenvalue weighted by Gasteiger charge is -2.43. The molecule has 1 N–H and O–H groups in total. The van der Waals surface area contributed by atoms with Crippen molar-refractivity contribution in [2.24, 2.45) is 4.99 Å². The summed E-state index contributed by atoms with van der Waals surface area (Å²) in [7, 11) is 0. The number of piperazine rings is 1. The van der Waals surface area contributed by atoms with Gasteiger partial charge in [0.15, 0.2) is 5.82 Å². The molecule has 3 aliphatic rings. The van der Waals surface area contributed by atoms with Gasteiger partial charge >= 0.3 is 0 Å². The van der Waals surface area contributed by atoms with Gasteiger partial charge in [-0.2, -0.15) is 4.99 Å². The Morgan fingerprint density at radius 1 is 1.21 bits per heavy atom. The quantitative estimate of drug-likeness (QED) is 0.921. The third kappa shape index (κ3) is 3.38. The van der Waals surface area contributed by atoms with Crippen LogP contribution in [-0.4, -0.2) is 54.5 Å². The molecule has 1 saturated carbocycles. The van der Waals surface area contributed by atoms with E-state index in [4.69, 9.17) is 4.74 Å². The maximum absolute atomic E-state index is 13.3. The van der Waals surface area contributed by atoms with Crippen LogP contribution in [0.15, 0.2) is 35.1 Å². The van der Waals surface area contributed by atoms with Gasteiger partial charge in [0, 0.05) is 38.3 Å². The minimum absolute atomic E-state index is 0.314. The number of halogens is 1. The maximum Gasteiger partial charge on any atom is 0.216 e. The summed E-state index contributed by atoms with van der Waals surface area (Å²) >= 11 is 0. The highest BCUT2D eigenvalue weighted by atomic mass is 19.1. The van der Waals surface area contributed by atoms with Gasteiger partial charge in [0.1, 0.15) is 17.8 Å². The molecule has 1 aliphatic carbocycles. The summed E-state index contributed by atoms with van der Waals surface area (Å²) in [5, 5.41) is 3.08. The summed E-state index contributed by atoms with van der Waals surface area (Å²) in [6, 6.07) is 6.91. The fourth-order valence-corrected chi connectivity index (χ4v) is 3.31. The average molecular weight is 329 g/mol. The van der Waals surface area contributed by atoms with E-state index >= 15 is 0 Å². The molecule has 0 atom stereocenters. The molecule has 2 heterocycles. The Morgan fingerprint density at radius 2 is 2.04 bits per heavy atom. The van der Waals surface area contributed by atoms with Crippen LogP contribution >= 0.6 is 0 Å². The molecule has 5 nitrogen and oxygen atoms in total. The zero-order valence-corrected chi connectivity index (χ0v) is 13.7. The van der Waals surface area contributed by atoms with E-state index in [1.165, 1.54) is 31.4 Å². The van der Waals surface area contributed by atoms with E-state index in [-0.39, 0.29) is 5.82 Å². The first-order valence-electron chi connectivity index (χ1n) is 8.64. The van der Waals surface area contributed by atoms with Crippen LogP contribution in [0.25, 0.3) is 0 Å². The minimum atomic E-state index is -0.314. The molecular weight excluding hydrogens is 307 g/mol. The van der Waals surface area contributed by atoms with E-state index in [2.05, 4.69) is 26.3 Å². The molecular formula is C18H22FN4O. The Labute approximate surface area is 141 Å². The van der Waals surface area contributed by atoms with Crippen LogP contribution in [0.1, 0.15) is 19.3 Å². The van der Waals surface area contributed by atoms with Crippen LogP contribution in [0.2, 0.25) is 0 Å². The van der Waals surface area contributed by atoms with Gasteiger partial charge in [-0.25, -0.2) is 4.39 Å². The highest BCUT2D eigenvalue weighted by Crippen LogP contribution is 2.26. The standard InChI is InChI=1S/C18H22FN4O/c19-14-3-1-6-16(11-14)24-18-13-20-12-17(21-18)23-9-7-22(8-10-23)15-4-2-5-15/h1,3,6,11,15,20H,2,4-5,7-10,13H2. The second-order valence-electron chi connectivity index (χ2n) is 6.47. The van der Waals surface area contributed by atoms with E-state index in [0.717, 1.165) is 38.0 Å². The van der Waals surface area contributed by atoms with E-state index in [9.17, 15) is 4.39 Å². The number of aliphatic imine (C=N–C) groups is 1. The zero-order chi connectivity index (χ0) is 16.4. The molecule has 1 radical (unpaired) electrons. The fourth-order valence-electron chi connectivity index (χ4n) is 3.31. The number of hydrogen-bond acceptors (Lipinski definition) is 5. The number of rotatable bonds is 3. The van der Waals surface area contributed by atoms with Gasteiger partial charge < -0.3 is 15.0 Å². The van der Waals surface area contributed by atoms with E-state index in [0.29, 0.717) is 18.2 Å². The topological polar surface area (TPSA) is 40.1 Å². The Bertz CT molecular complexity index is 648. The second kappa shape index (κ2) is 6.81. The third-order valence-electron chi connectivity index (χ3n) is 4.91. The van der Waals surface area contributed by atoms with Gasteiger partial charge in [-0.1, -0.05) is 12.5 Å². The lowest BCUT2D eigenvalue weighted by Crippen LogP contribution is -2.52. The summed E-state index contributed by atoms with van der Waals surface area (Å²) in [5.74, 6) is 1.47. The van der Waals surface area contributed by atoms with Crippen LogP contribution in [0.5, 0.6) is 5.75 Å². The first-order valence-corrected chi connectivity index (χ1v) is 8.64. The largest absolute Gasteiger partial charge is 0.441 e. The van der Waals surface area contributed by atoms with Crippen molar-refractivity contribution < 1.29 is 9.13 Å². The number of nitrogens with one attached hydrogen (secondary N) is 1. The summed E-state index contributed by atoms with van der Waals surface area (Å²) in [5.41, 5.74) is 0. The predicted octanol–water partition coefficient (Wildman–Crippen LogP) is 1.98. The van der Waals surface area contributed by atoms with Crippen molar-refractivity contribution >= 4 is 5.90 Å². The van der Waals surface area contributed by atoms with Crippen molar-refractivity contribution in [2.75, 3.05) is 32.7 Å². The van der Waals surface area contributed by atoms with Crippen LogP contribution in [0.4, 0.5) is 4.39 Å². The molecule has 0 bridgehead atoms. The summed E-state index contributed by atoms with van der Waals surface area (Å²) < 4.78 is 19.0. The SMILES string of the molecule is Fc1cccc(OC2=NC(N3CCN(C4CCC4)CC3)=[C]NC2)c1. The lowest BCUT2D eigenvalue weighted by molar-refractivity contribution is 0.0735. The third-order valence-corrected chi connectivity index (χ3v) is 4.91. The molecule has 0 amide bonds. The number of hydrogen-bond donors (Lipinski definition) is 1. The van der Waals surface area contributed by atoms with Crippen LogP contribution < -0.4 is 10.1 Å². The Morgan fingerprint density at radius 3 is 2.75 bits per heavy atom. The molecule has 1 aromatic carbocycles. The van der Waals surface area contributed by atoms with Crippen LogP contribution in [0.3, 0.4) is 0 Å². The van der Waals surface area contributed by atoms with Crippen molar-refractivity contribution in [3.8, 4) is 5.75 Å². The number of ether oxygens (including phenoxy) is 1. The van der Waals surface area contributed by atoms with Gasteiger partial charge in [0.2, 0.25) is 5.90 Å². The monoisotopic (exact) mass is 329 g/mol. The first kappa shape index (κ1) is 15.4. The summed E-state index contributed by atoms with van der Waals surface area (Å²) in [4.78, 5) is 9.38. The molecule has 2 fully saturated rings. The predicted molar refractivity (Wildman–Crippen MR) is 90.0 cm³/mol. The first-order chi connectivity index (χ1) is 11.8.